The van der Waals surface area contributed by atoms with Crippen LogP contribution in [0.15, 0.2) is 0 Å². The molecule has 0 radical (unpaired) electrons. The lowest BCUT2D eigenvalue weighted by molar-refractivity contribution is -0.169. The average molecular weight is 298 g/mol. The summed E-state index contributed by atoms with van der Waals surface area (Å²) in [6, 6.07) is 0.634. The van der Waals surface area contributed by atoms with Crippen molar-refractivity contribution < 1.29 is 19.4 Å². The van der Waals surface area contributed by atoms with Gasteiger partial charge in [0.25, 0.3) is 0 Å². The number of amides is 1. The highest BCUT2D eigenvalue weighted by Gasteiger charge is 2.42. The molecule has 0 aliphatic carbocycles. The van der Waals surface area contributed by atoms with Gasteiger partial charge >= 0.3 is 5.97 Å². The fourth-order valence-electron chi connectivity index (χ4n) is 3.52. The highest BCUT2D eigenvalue weighted by molar-refractivity contribution is 5.79. The summed E-state index contributed by atoms with van der Waals surface area (Å²) < 4.78 is 5.36. The molecule has 6 nitrogen and oxygen atoms in total. The first-order valence-corrected chi connectivity index (χ1v) is 7.70. The molecule has 1 N–H and O–H groups in total. The van der Waals surface area contributed by atoms with E-state index in [1.807, 2.05) is 16.7 Å². The Kier molecular flexibility index (Phi) is 4.88. The number of rotatable bonds is 5. The number of hydrogen-bond donors (Lipinski definition) is 1. The van der Waals surface area contributed by atoms with E-state index in [4.69, 9.17) is 9.84 Å². The largest absolute Gasteiger partial charge is 0.480 e. The maximum absolute atomic E-state index is 12.4. The minimum Gasteiger partial charge on any atom is -0.480 e. The van der Waals surface area contributed by atoms with Crippen molar-refractivity contribution in [1.29, 1.82) is 0 Å². The minimum atomic E-state index is -0.957. The number of likely N-dealkylation sites (tertiary alicyclic amines) is 2. The molecule has 2 atom stereocenters. The summed E-state index contributed by atoms with van der Waals surface area (Å²) in [6.07, 6.45) is 3.35. The Hall–Kier alpha value is -1.14. The van der Waals surface area contributed by atoms with Crippen LogP contribution in [-0.2, 0) is 14.3 Å². The van der Waals surface area contributed by atoms with Crippen LogP contribution in [0, 0.1) is 0 Å². The first-order valence-electron chi connectivity index (χ1n) is 7.70. The third-order valence-corrected chi connectivity index (χ3v) is 4.50. The van der Waals surface area contributed by atoms with E-state index in [9.17, 15) is 9.59 Å². The number of nitrogens with zero attached hydrogens (tertiary/aromatic N) is 2. The lowest BCUT2D eigenvalue weighted by atomic mass is 9.95. The summed E-state index contributed by atoms with van der Waals surface area (Å²) in [5.74, 6) is -0.781. The van der Waals surface area contributed by atoms with Gasteiger partial charge in [-0.25, -0.2) is 4.79 Å². The smallest absolute Gasteiger partial charge is 0.329 e. The Balaban J connectivity index is 1.79. The van der Waals surface area contributed by atoms with Gasteiger partial charge in [-0.2, -0.15) is 0 Å². The van der Waals surface area contributed by atoms with E-state index in [0.29, 0.717) is 31.7 Å². The molecule has 0 bridgehead atoms. The van der Waals surface area contributed by atoms with Gasteiger partial charge in [0, 0.05) is 25.2 Å². The number of aliphatic carboxylic acids is 1. The van der Waals surface area contributed by atoms with Crippen LogP contribution in [0.2, 0.25) is 0 Å². The lowest BCUT2D eigenvalue weighted by Crippen LogP contribution is -2.64. The van der Waals surface area contributed by atoms with E-state index in [1.165, 1.54) is 6.42 Å². The molecule has 2 unspecified atom stereocenters. The SMILES string of the molecule is CC1CCCC(C)N1C(=O)CN1CC(C)(OCC(=O)O)C1. The molecule has 0 spiro atoms. The van der Waals surface area contributed by atoms with Crippen LogP contribution in [0.3, 0.4) is 0 Å². The fraction of sp³-hybridized carbons (Fsp3) is 0.867. The molecule has 0 saturated carbocycles. The Morgan fingerprint density at radius 2 is 1.81 bits per heavy atom. The van der Waals surface area contributed by atoms with Crippen molar-refractivity contribution in [1.82, 2.24) is 9.80 Å². The summed E-state index contributed by atoms with van der Waals surface area (Å²) in [6.45, 7) is 7.47. The first kappa shape index (κ1) is 16.2. The number of hydrogen-bond acceptors (Lipinski definition) is 4. The molecular weight excluding hydrogens is 272 g/mol. The van der Waals surface area contributed by atoms with Gasteiger partial charge in [-0.15, -0.1) is 0 Å². The fourth-order valence-corrected chi connectivity index (χ4v) is 3.52. The number of piperidine rings is 1. The molecule has 6 heteroatoms. The summed E-state index contributed by atoms with van der Waals surface area (Å²) in [5, 5.41) is 8.64. The number of carbonyl (C=O) groups excluding carboxylic acids is 1. The second-order valence-corrected chi connectivity index (χ2v) is 6.71. The number of ether oxygens (including phenoxy) is 1. The van der Waals surface area contributed by atoms with Gasteiger partial charge in [-0.1, -0.05) is 0 Å². The molecule has 120 valence electrons. The van der Waals surface area contributed by atoms with Crippen LogP contribution in [0.1, 0.15) is 40.0 Å². The maximum atomic E-state index is 12.4. The summed E-state index contributed by atoms with van der Waals surface area (Å²) in [5.41, 5.74) is -0.433. The van der Waals surface area contributed by atoms with Crippen LogP contribution >= 0.6 is 0 Å². The molecule has 2 aliphatic heterocycles. The topological polar surface area (TPSA) is 70.1 Å². The molecule has 0 aromatic heterocycles. The molecule has 2 aliphatic rings. The Morgan fingerprint density at radius 1 is 1.24 bits per heavy atom. The van der Waals surface area contributed by atoms with Gasteiger partial charge in [-0.3, -0.25) is 9.69 Å². The second kappa shape index (κ2) is 6.32. The normalized spacial score (nSPS) is 29.0. The molecule has 1 amide bonds. The van der Waals surface area contributed by atoms with E-state index < -0.39 is 11.6 Å². The predicted molar refractivity (Wildman–Crippen MR) is 78.1 cm³/mol. The van der Waals surface area contributed by atoms with E-state index in [-0.39, 0.29) is 12.5 Å². The number of carboxylic acids is 1. The second-order valence-electron chi connectivity index (χ2n) is 6.71. The zero-order valence-electron chi connectivity index (χ0n) is 13.2. The van der Waals surface area contributed by atoms with E-state index in [0.717, 1.165) is 12.8 Å². The van der Waals surface area contributed by atoms with Gasteiger partial charge in [0.15, 0.2) is 0 Å². The van der Waals surface area contributed by atoms with E-state index in [2.05, 4.69) is 13.8 Å². The quantitative estimate of drug-likeness (QED) is 0.818. The summed E-state index contributed by atoms with van der Waals surface area (Å²) >= 11 is 0. The molecule has 21 heavy (non-hydrogen) atoms. The monoisotopic (exact) mass is 298 g/mol. The molecule has 2 heterocycles. The minimum absolute atomic E-state index is 0.176. The van der Waals surface area contributed by atoms with Crippen LogP contribution in [0.5, 0.6) is 0 Å². The van der Waals surface area contributed by atoms with Crippen LogP contribution in [0.4, 0.5) is 0 Å². The zero-order valence-corrected chi connectivity index (χ0v) is 13.2. The first-order chi connectivity index (χ1) is 9.81. The highest BCUT2D eigenvalue weighted by Crippen LogP contribution is 2.26. The van der Waals surface area contributed by atoms with E-state index in [1.54, 1.807) is 0 Å². The Labute approximate surface area is 126 Å². The van der Waals surface area contributed by atoms with Crippen molar-refractivity contribution in [3.8, 4) is 0 Å². The van der Waals surface area contributed by atoms with Gasteiger partial charge < -0.3 is 14.7 Å². The standard InChI is InChI=1S/C15H26N2O4/c1-11-5-4-6-12(2)17(11)13(18)7-16-9-15(3,10-16)21-8-14(19)20/h11-12H,4-10H2,1-3H3,(H,19,20). The number of carboxylic acid groups (broad SMARTS) is 1. The third-order valence-electron chi connectivity index (χ3n) is 4.50. The average Bonchev–Trinajstić information content (AvgIpc) is 2.34. The van der Waals surface area contributed by atoms with Crippen molar-refractivity contribution in [3.05, 3.63) is 0 Å². The van der Waals surface area contributed by atoms with E-state index >= 15 is 0 Å². The summed E-state index contributed by atoms with van der Waals surface area (Å²) in [4.78, 5) is 27.0. The predicted octanol–water partition coefficient (Wildman–Crippen LogP) is 0.951. The van der Waals surface area contributed by atoms with Gasteiger partial charge in [0.1, 0.15) is 6.61 Å². The van der Waals surface area contributed by atoms with Crippen molar-refractivity contribution in [2.24, 2.45) is 0 Å². The molecule has 2 saturated heterocycles. The third kappa shape index (κ3) is 3.95. The van der Waals surface area contributed by atoms with Crippen molar-refractivity contribution in [3.63, 3.8) is 0 Å². The van der Waals surface area contributed by atoms with Crippen molar-refractivity contribution in [2.75, 3.05) is 26.2 Å². The van der Waals surface area contributed by atoms with Crippen LogP contribution in [-0.4, -0.2) is 70.7 Å². The molecule has 0 aromatic carbocycles. The van der Waals surface area contributed by atoms with Crippen LogP contribution in [0.25, 0.3) is 0 Å². The molecular formula is C15H26N2O4. The Morgan fingerprint density at radius 3 is 2.33 bits per heavy atom. The molecule has 2 fully saturated rings. The molecule has 2 rings (SSSR count). The van der Waals surface area contributed by atoms with Crippen molar-refractivity contribution >= 4 is 11.9 Å². The Bertz CT molecular complexity index is 396. The summed E-state index contributed by atoms with van der Waals surface area (Å²) in [7, 11) is 0. The van der Waals surface area contributed by atoms with Gasteiger partial charge in [-0.05, 0) is 40.0 Å². The molecule has 0 aromatic rings. The highest BCUT2D eigenvalue weighted by atomic mass is 16.5. The zero-order chi connectivity index (χ0) is 15.6. The van der Waals surface area contributed by atoms with Gasteiger partial charge in [0.2, 0.25) is 5.91 Å². The maximum Gasteiger partial charge on any atom is 0.329 e. The number of carbonyl (C=O) groups is 2. The van der Waals surface area contributed by atoms with Crippen molar-refractivity contribution in [2.45, 2.75) is 57.7 Å². The van der Waals surface area contributed by atoms with Gasteiger partial charge in [0.05, 0.1) is 12.1 Å². The lowest BCUT2D eigenvalue weighted by Gasteiger charge is -2.48. The van der Waals surface area contributed by atoms with Crippen LogP contribution < -0.4 is 0 Å².